The van der Waals surface area contributed by atoms with Crippen LogP contribution in [0, 0.1) is 12.7 Å². The molecule has 3 aromatic rings. The average Bonchev–Trinajstić information content (AvgIpc) is 3.08. The molecule has 0 radical (unpaired) electrons. The molecule has 2 N–H and O–H groups in total. The number of halogens is 1. The van der Waals surface area contributed by atoms with Crippen LogP contribution in [0.5, 0.6) is 5.75 Å². The van der Waals surface area contributed by atoms with Crippen molar-refractivity contribution in [3.8, 4) is 17.0 Å². The van der Waals surface area contributed by atoms with Gasteiger partial charge in [-0.1, -0.05) is 6.92 Å². The third-order valence-electron chi connectivity index (χ3n) is 3.39. The Kier molecular flexibility index (Phi) is 4.69. The van der Waals surface area contributed by atoms with E-state index in [1.807, 2.05) is 13.8 Å². The first-order chi connectivity index (χ1) is 11.7. The van der Waals surface area contributed by atoms with Gasteiger partial charge in [-0.3, -0.25) is 5.10 Å². The smallest absolute Gasteiger partial charge is 0.227 e. The number of nitrogens with zero attached hydrogens (tertiary/aromatic N) is 3. The Balaban J connectivity index is 1.89. The monoisotopic (exact) mass is 327 g/mol. The summed E-state index contributed by atoms with van der Waals surface area (Å²) in [5, 5.41) is 9.60. The molecule has 2 aromatic heterocycles. The normalized spacial score (nSPS) is 10.6. The van der Waals surface area contributed by atoms with E-state index < -0.39 is 5.82 Å². The van der Waals surface area contributed by atoms with Crippen LogP contribution in [0.1, 0.15) is 18.9 Å². The largest absolute Gasteiger partial charge is 0.491 e. The van der Waals surface area contributed by atoms with Crippen LogP contribution in [-0.2, 0) is 0 Å². The minimum Gasteiger partial charge on any atom is -0.491 e. The Hall–Kier alpha value is -2.96. The van der Waals surface area contributed by atoms with Crippen molar-refractivity contribution in [3.63, 3.8) is 0 Å². The van der Waals surface area contributed by atoms with E-state index in [0.717, 1.165) is 17.7 Å². The van der Waals surface area contributed by atoms with Gasteiger partial charge in [-0.2, -0.15) is 5.10 Å². The highest BCUT2D eigenvalue weighted by molar-refractivity contribution is 5.65. The number of benzene rings is 1. The molecule has 0 fully saturated rings. The first kappa shape index (κ1) is 15.9. The van der Waals surface area contributed by atoms with Crippen LogP contribution in [0.25, 0.3) is 11.3 Å². The Morgan fingerprint density at radius 2 is 2.17 bits per heavy atom. The number of hydrogen-bond acceptors (Lipinski definition) is 5. The minimum atomic E-state index is -0.400. The van der Waals surface area contributed by atoms with Crippen molar-refractivity contribution >= 4 is 11.6 Å². The molecule has 0 bridgehead atoms. The molecule has 24 heavy (non-hydrogen) atoms. The fourth-order valence-electron chi connectivity index (χ4n) is 2.22. The van der Waals surface area contributed by atoms with Gasteiger partial charge in [-0.25, -0.2) is 14.4 Å². The summed E-state index contributed by atoms with van der Waals surface area (Å²) in [4.78, 5) is 8.72. The summed E-state index contributed by atoms with van der Waals surface area (Å²) >= 11 is 0. The number of aromatic amines is 1. The van der Waals surface area contributed by atoms with E-state index >= 15 is 0 Å². The zero-order valence-corrected chi connectivity index (χ0v) is 13.5. The van der Waals surface area contributed by atoms with Crippen LogP contribution in [-0.4, -0.2) is 26.8 Å². The van der Waals surface area contributed by atoms with Gasteiger partial charge in [0.1, 0.15) is 0 Å². The number of nitrogens with one attached hydrogen (secondary N) is 2. The Bertz CT molecular complexity index is 820. The lowest BCUT2D eigenvalue weighted by Gasteiger charge is -2.10. The van der Waals surface area contributed by atoms with E-state index in [2.05, 4.69) is 25.5 Å². The quantitative estimate of drug-likeness (QED) is 0.719. The zero-order chi connectivity index (χ0) is 16.9. The average molecular weight is 327 g/mol. The van der Waals surface area contributed by atoms with Crippen molar-refractivity contribution in [3.05, 3.63) is 48.2 Å². The lowest BCUT2D eigenvalue weighted by atomic mass is 10.1. The van der Waals surface area contributed by atoms with Crippen LogP contribution in [0.3, 0.4) is 0 Å². The van der Waals surface area contributed by atoms with Crippen molar-refractivity contribution in [2.45, 2.75) is 20.3 Å². The van der Waals surface area contributed by atoms with Gasteiger partial charge in [0.15, 0.2) is 11.6 Å². The van der Waals surface area contributed by atoms with Gasteiger partial charge in [0, 0.05) is 18.0 Å². The molecular formula is C17H18FN5O. The number of anilines is 2. The van der Waals surface area contributed by atoms with Crippen LogP contribution in [0.2, 0.25) is 0 Å². The number of aromatic nitrogens is 4. The van der Waals surface area contributed by atoms with Gasteiger partial charge >= 0.3 is 0 Å². The molecule has 0 spiro atoms. The van der Waals surface area contributed by atoms with Crippen molar-refractivity contribution in [1.82, 2.24) is 20.2 Å². The van der Waals surface area contributed by atoms with Gasteiger partial charge in [0.05, 0.1) is 24.2 Å². The van der Waals surface area contributed by atoms with Crippen LogP contribution >= 0.6 is 0 Å². The maximum Gasteiger partial charge on any atom is 0.227 e. The van der Waals surface area contributed by atoms with Crippen molar-refractivity contribution in [2.24, 2.45) is 0 Å². The van der Waals surface area contributed by atoms with Gasteiger partial charge in [-0.15, -0.1) is 0 Å². The second-order valence-electron chi connectivity index (χ2n) is 5.33. The lowest BCUT2D eigenvalue weighted by molar-refractivity contribution is 0.301. The maximum atomic E-state index is 14.2. The van der Waals surface area contributed by atoms with Crippen LogP contribution < -0.4 is 10.1 Å². The number of ether oxygens (including phenoxy) is 1. The topological polar surface area (TPSA) is 75.7 Å². The number of rotatable bonds is 6. The number of hydrogen-bond donors (Lipinski definition) is 2. The van der Waals surface area contributed by atoms with Gasteiger partial charge < -0.3 is 10.1 Å². The Morgan fingerprint density at radius 1 is 1.29 bits per heavy atom. The molecule has 0 unspecified atom stereocenters. The van der Waals surface area contributed by atoms with E-state index in [-0.39, 0.29) is 5.75 Å². The van der Waals surface area contributed by atoms with Gasteiger partial charge in [0.2, 0.25) is 5.95 Å². The molecule has 0 saturated heterocycles. The second-order valence-corrected chi connectivity index (χ2v) is 5.33. The Labute approximate surface area is 139 Å². The summed E-state index contributed by atoms with van der Waals surface area (Å²) in [5.74, 6) is 0.274. The summed E-state index contributed by atoms with van der Waals surface area (Å²) in [5.41, 5.74) is 2.94. The first-order valence-electron chi connectivity index (χ1n) is 7.69. The third-order valence-corrected chi connectivity index (χ3v) is 3.39. The molecule has 0 aliphatic heterocycles. The second kappa shape index (κ2) is 7.08. The molecule has 124 valence electrons. The number of aryl methyl sites for hydroxylation is 1. The third kappa shape index (κ3) is 3.51. The molecule has 2 heterocycles. The zero-order valence-electron chi connectivity index (χ0n) is 13.5. The highest BCUT2D eigenvalue weighted by Crippen LogP contribution is 2.27. The highest BCUT2D eigenvalue weighted by Gasteiger charge is 2.11. The van der Waals surface area contributed by atoms with Crippen molar-refractivity contribution in [2.75, 3.05) is 11.9 Å². The molecule has 6 nitrogen and oxygen atoms in total. The lowest BCUT2D eigenvalue weighted by Crippen LogP contribution is -2.01. The van der Waals surface area contributed by atoms with E-state index in [1.54, 1.807) is 30.7 Å². The van der Waals surface area contributed by atoms with E-state index in [0.29, 0.717) is 23.8 Å². The molecule has 7 heteroatoms. The fourth-order valence-corrected chi connectivity index (χ4v) is 2.22. The first-order valence-corrected chi connectivity index (χ1v) is 7.69. The highest BCUT2D eigenvalue weighted by atomic mass is 19.1. The summed E-state index contributed by atoms with van der Waals surface area (Å²) < 4.78 is 19.6. The minimum absolute atomic E-state index is 0.254. The maximum absolute atomic E-state index is 14.2. The molecule has 0 saturated carbocycles. The Morgan fingerprint density at radius 3 is 2.88 bits per heavy atom. The molecule has 1 aromatic carbocycles. The predicted octanol–water partition coefficient (Wildman–Crippen LogP) is 3.85. The van der Waals surface area contributed by atoms with Crippen molar-refractivity contribution in [1.29, 1.82) is 0 Å². The molecule has 0 aliphatic rings. The van der Waals surface area contributed by atoms with Crippen LogP contribution in [0.4, 0.5) is 16.0 Å². The summed E-state index contributed by atoms with van der Waals surface area (Å²) in [7, 11) is 0. The van der Waals surface area contributed by atoms with E-state index in [4.69, 9.17) is 4.74 Å². The predicted molar refractivity (Wildman–Crippen MR) is 89.8 cm³/mol. The van der Waals surface area contributed by atoms with E-state index in [1.165, 1.54) is 6.07 Å². The molecule has 0 aliphatic carbocycles. The molecular weight excluding hydrogens is 309 g/mol. The SMILES string of the molecule is CCCOc1ccc(-c2nc(Nc3cn[nH]c3)ncc2C)cc1F. The van der Waals surface area contributed by atoms with Crippen molar-refractivity contribution < 1.29 is 9.13 Å². The van der Waals surface area contributed by atoms with E-state index in [9.17, 15) is 4.39 Å². The van der Waals surface area contributed by atoms with Gasteiger partial charge in [0.25, 0.3) is 0 Å². The van der Waals surface area contributed by atoms with Crippen LogP contribution in [0.15, 0.2) is 36.8 Å². The molecule has 0 amide bonds. The number of H-pyrrole nitrogens is 1. The van der Waals surface area contributed by atoms with Gasteiger partial charge in [-0.05, 0) is 37.1 Å². The summed E-state index contributed by atoms with van der Waals surface area (Å²) in [6, 6.07) is 4.86. The standard InChI is InChI=1S/C17H18FN5O/c1-3-6-24-15-5-4-12(7-14(15)18)16-11(2)8-19-17(23-16)22-13-9-20-21-10-13/h4-5,7-10H,3,6H2,1-2H3,(H,20,21)(H,19,22,23). The fraction of sp³-hybridized carbons (Fsp3) is 0.235. The molecule has 3 rings (SSSR count). The summed E-state index contributed by atoms with van der Waals surface area (Å²) in [6.07, 6.45) is 5.85. The summed E-state index contributed by atoms with van der Waals surface area (Å²) in [6.45, 7) is 4.35. The molecule has 0 atom stereocenters.